The Bertz CT molecular complexity index is 844. The van der Waals surface area contributed by atoms with Crippen molar-refractivity contribution < 1.29 is 19.3 Å². The molecule has 0 bridgehead atoms. The van der Waals surface area contributed by atoms with Crippen LogP contribution in [-0.4, -0.2) is 49.0 Å². The van der Waals surface area contributed by atoms with Gasteiger partial charge in [0.1, 0.15) is 0 Å². The first-order chi connectivity index (χ1) is 15.1. The predicted octanol–water partition coefficient (Wildman–Crippen LogP) is 3.66. The highest BCUT2D eigenvalue weighted by atomic mass is 16.7. The van der Waals surface area contributed by atoms with Gasteiger partial charge in [0.25, 0.3) is 0 Å². The lowest BCUT2D eigenvalue weighted by atomic mass is 9.90. The number of nitrogen functional groups attached to an aromatic ring is 1. The van der Waals surface area contributed by atoms with E-state index < -0.39 is 6.29 Å². The number of hydrogen-bond donors (Lipinski definition) is 2. The summed E-state index contributed by atoms with van der Waals surface area (Å²) in [5.41, 5.74) is 9.66. The van der Waals surface area contributed by atoms with Crippen LogP contribution in [0.4, 0.5) is 5.69 Å². The van der Waals surface area contributed by atoms with E-state index in [2.05, 4.69) is 24.0 Å². The van der Waals surface area contributed by atoms with E-state index in [1.165, 1.54) is 6.42 Å². The average molecular weight is 427 g/mol. The molecular weight excluding hydrogens is 392 g/mol. The van der Waals surface area contributed by atoms with Crippen molar-refractivity contribution in [1.29, 1.82) is 0 Å². The quantitative estimate of drug-likeness (QED) is 0.658. The fourth-order valence-electron chi connectivity index (χ4n) is 4.78. The number of likely N-dealkylation sites (tertiary alicyclic amines) is 1. The smallest absolute Gasteiger partial charge is 0.185 e. The van der Waals surface area contributed by atoms with Crippen molar-refractivity contribution in [1.82, 2.24) is 4.90 Å². The molecule has 31 heavy (non-hydrogen) atoms. The monoisotopic (exact) mass is 426 g/mol. The van der Waals surface area contributed by atoms with Crippen LogP contribution in [0.1, 0.15) is 48.8 Å². The lowest BCUT2D eigenvalue weighted by Gasteiger charge is -2.43. The van der Waals surface area contributed by atoms with Crippen LogP contribution < -0.4 is 5.73 Å². The van der Waals surface area contributed by atoms with E-state index in [1.54, 1.807) is 7.11 Å². The fourth-order valence-corrected chi connectivity index (χ4v) is 4.78. The maximum absolute atomic E-state index is 9.40. The third-order valence-corrected chi connectivity index (χ3v) is 6.58. The largest absolute Gasteiger partial charge is 0.399 e. The molecule has 2 aromatic rings. The second-order valence-electron chi connectivity index (χ2n) is 8.74. The third-order valence-electron chi connectivity index (χ3n) is 6.58. The summed E-state index contributed by atoms with van der Waals surface area (Å²) in [6.07, 6.45) is 1.78. The summed E-state index contributed by atoms with van der Waals surface area (Å²) in [6.45, 7) is 4.91. The number of methoxy groups -OCH3 is 1. The third kappa shape index (κ3) is 5.10. The molecule has 2 aliphatic heterocycles. The standard InChI is InChI=1S/C25H34N2O4/c1-17-23(14-27-12-4-7-22(27)16-29-2)30-25(20-5-3-6-21(26)13-20)31-24(17)19-10-8-18(15-28)9-11-19/h3,5-6,8-11,13,17,22-25,28H,4,7,12,14-16,26H2,1-2H3/t17-,22+,23+,24+,25+/m1/s1. The molecular formula is C25H34N2O4. The van der Waals surface area contributed by atoms with Gasteiger partial charge < -0.3 is 25.1 Å². The van der Waals surface area contributed by atoms with E-state index in [9.17, 15) is 5.11 Å². The Kier molecular flexibility index (Phi) is 7.25. The van der Waals surface area contributed by atoms with Crippen molar-refractivity contribution in [3.8, 4) is 0 Å². The van der Waals surface area contributed by atoms with E-state index >= 15 is 0 Å². The Morgan fingerprint density at radius 3 is 2.65 bits per heavy atom. The number of nitrogens with two attached hydrogens (primary N) is 1. The van der Waals surface area contributed by atoms with Crippen LogP contribution in [-0.2, 0) is 20.8 Å². The van der Waals surface area contributed by atoms with E-state index in [0.717, 1.165) is 42.8 Å². The Labute approximate surface area is 184 Å². The van der Waals surface area contributed by atoms with E-state index in [-0.39, 0.29) is 24.7 Å². The van der Waals surface area contributed by atoms with Gasteiger partial charge >= 0.3 is 0 Å². The number of benzene rings is 2. The molecule has 0 radical (unpaired) electrons. The number of hydrogen-bond acceptors (Lipinski definition) is 6. The first kappa shape index (κ1) is 22.2. The molecule has 2 saturated heterocycles. The van der Waals surface area contributed by atoms with Gasteiger partial charge in [0.2, 0.25) is 0 Å². The van der Waals surface area contributed by atoms with Crippen molar-refractivity contribution in [2.24, 2.45) is 5.92 Å². The van der Waals surface area contributed by atoms with Crippen molar-refractivity contribution in [2.45, 2.75) is 50.9 Å². The van der Waals surface area contributed by atoms with Gasteiger partial charge in [0, 0.05) is 36.9 Å². The van der Waals surface area contributed by atoms with Crippen molar-refractivity contribution in [3.63, 3.8) is 0 Å². The van der Waals surface area contributed by atoms with Crippen molar-refractivity contribution in [3.05, 3.63) is 65.2 Å². The van der Waals surface area contributed by atoms with Gasteiger partial charge in [-0.3, -0.25) is 4.90 Å². The molecule has 2 heterocycles. The molecule has 0 saturated carbocycles. The first-order valence-corrected chi connectivity index (χ1v) is 11.2. The molecule has 2 fully saturated rings. The summed E-state index contributed by atoms with van der Waals surface area (Å²) in [7, 11) is 1.77. The van der Waals surface area contributed by atoms with Gasteiger partial charge in [0.15, 0.2) is 6.29 Å². The highest BCUT2D eigenvalue weighted by molar-refractivity contribution is 5.41. The number of rotatable bonds is 7. The molecule has 0 amide bonds. The minimum Gasteiger partial charge on any atom is -0.399 e. The zero-order valence-electron chi connectivity index (χ0n) is 18.4. The van der Waals surface area contributed by atoms with Gasteiger partial charge in [-0.05, 0) is 42.6 Å². The van der Waals surface area contributed by atoms with Gasteiger partial charge in [-0.25, -0.2) is 0 Å². The topological polar surface area (TPSA) is 77.2 Å². The zero-order chi connectivity index (χ0) is 21.8. The van der Waals surface area contributed by atoms with Gasteiger partial charge in [0.05, 0.1) is 25.4 Å². The second kappa shape index (κ2) is 10.1. The normalized spacial score (nSPS) is 29.3. The van der Waals surface area contributed by atoms with Crippen LogP contribution >= 0.6 is 0 Å². The van der Waals surface area contributed by atoms with E-state index in [1.807, 2.05) is 36.4 Å². The molecule has 4 rings (SSSR count). The average Bonchev–Trinajstić information content (AvgIpc) is 3.22. The van der Waals surface area contributed by atoms with E-state index in [4.69, 9.17) is 19.9 Å². The van der Waals surface area contributed by atoms with Crippen LogP contribution in [0.3, 0.4) is 0 Å². The van der Waals surface area contributed by atoms with Crippen LogP contribution in [0.25, 0.3) is 0 Å². The number of aliphatic hydroxyl groups excluding tert-OH is 1. The minimum absolute atomic E-state index is 0.0140. The summed E-state index contributed by atoms with van der Waals surface area (Å²) in [5, 5.41) is 9.40. The number of anilines is 1. The second-order valence-corrected chi connectivity index (χ2v) is 8.74. The number of nitrogens with zero attached hydrogens (tertiary/aromatic N) is 1. The lowest BCUT2D eigenvalue weighted by Crippen LogP contribution is -2.46. The summed E-state index contributed by atoms with van der Waals surface area (Å²) in [4.78, 5) is 2.50. The van der Waals surface area contributed by atoms with Gasteiger partial charge in [-0.1, -0.05) is 43.3 Å². The fraction of sp³-hybridized carbons (Fsp3) is 0.520. The maximum Gasteiger partial charge on any atom is 0.185 e. The molecule has 2 aliphatic rings. The molecule has 0 unspecified atom stereocenters. The molecule has 6 nitrogen and oxygen atoms in total. The summed E-state index contributed by atoms with van der Waals surface area (Å²) in [6, 6.07) is 16.2. The Morgan fingerprint density at radius 2 is 1.94 bits per heavy atom. The number of ether oxygens (including phenoxy) is 3. The molecule has 0 aliphatic carbocycles. The van der Waals surface area contributed by atoms with Crippen LogP contribution in [0.15, 0.2) is 48.5 Å². The lowest BCUT2D eigenvalue weighted by molar-refractivity contribution is -0.276. The van der Waals surface area contributed by atoms with Crippen LogP contribution in [0.2, 0.25) is 0 Å². The molecule has 168 valence electrons. The van der Waals surface area contributed by atoms with Crippen LogP contribution in [0, 0.1) is 5.92 Å². The Balaban J connectivity index is 1.59. The van der Waals surface area contributed by atoms with Crippen molar-refractivity contribution >= 4 is 5.69 Å². The Morgan fingerprint density at radius 1 is 1.13 bits per heavy atom. The molecule has 6 heteroatoms. The van der Waals surface area contributed by atoms with Crippen molar-refractivity contribution in [2.75, 3.05) is 32.5 Å². The van der Waals surface area contributed by atoms with Crippen LogP contribution in [0.5, 0.6) is 0 Å². The Hall–Kier alpha value is -1.96. The molecule has 0 spiro atoms. The SMILES string of the molecule is COC[C@@H]1CCCN1C[C@@H]1O[C@H](c2cccc(N)c2)O[C@H](c2ccc(CO)cc2)[C@@H]1C. The molecule has 3 N–H and O–H groups in total. The van der Waals surface area contributed by atoms with E-state index in [0.29, 0.717) is 11.7 Å². The molecule has 2 aromatic carbocycles. The first-order valence-electron chi connectivity index (χ1n) is 11.2. The van der Waals surface area contributed by atoms with Gasteiger partial charge in [-0.2, -0.15) is 0 Å². The number of aliphatic hydroxyl groups is 1. The summed E-state index contributed by atoms with van der Waals surface area (Å²) < 4.78 is 18.5. The highest BCUT2D eigenvalue weighted by Crippen LogP contribution is 2.42. The predicted molar refractivity (Wildman–Crippen MR) is 120 cm³/mol. The molecule has 5 atom stereocenters. The van der Waals surface area contributed by atoms with Gasteiger partial charge in [-0.15, -0.1) is 0 Å². The molecule has 0 aromatic heterocycles. The zero-order valence-corrected chi connectivity index (χ0v) is 18.4. The summed E-state index contributed by atoms with van der Waals surface area (Å²) in [5.74, 6) is 0.168. The summed E-state index contributed by atoms with van der Waals surface area (Å²) >= 11 is 0. The maximum atomic E-state index is 9.40. The minimum atomic E-state index is -0.476. The highest BCUT2D eigenvalue weighted by Gasteiger charge is 2.40.